The molecule has 23 heavy (non-hydrogen) atoms. The van der Waals surface area contributed by atoms with Gasteiger partial charge in [-0.3, -0.25) is 0 Å². The molecule has 0 bridgehead atoms. The Balaban J connectivity index is 1.88. The molecule has 2 aromatic rings. The van der Waals surface area contributed by atoms with Crippen LogP contribution in [0.1, 0.15) is 18.9 Å². The van der Waals surface area contributed by atoms with Crippen LogP contribution in [0.5, 0.6) is 5.75 Å². The summed E-state index contributed by atoms with van der Waals surface area (Å²) in [4.78, 5) is 11.9. The van der Waals surface area contributed by atoms with Crippen LogP contribution < -0.4 is 15.4 Å². The number of rotatable bonds is 6. The van der Waals surface area contributed by atoms with Crippen LogP contribution in [0.2, 0.25) is 0 Å². The molecule has 2 amide bonds. The van der Waals surface area contributed by atoms with Crippen LogP contribution in [-0.2, 0) is 6.42 Å². The SMILES string of the molecule is CCCc1ccc(NC(=O)Nc2ccc(OC(F)F)cc2)cc1. The Morgan fingerprint density at radius 3 is 2.00 bits per heavy atom. The first-order chi connectivity index (χ1) is 11.1. The van der Waals surface area contributed by atoms with Gasteiger partial charge in [0.1, 0.15) is 5.75 Å². The minimum absolute atomic E-state index is 0.0393. The summed E-state index contributed by atoms with van der Waals surface area (Å²) in [6, 6.07) is 12.9. The fraction of sp³-hybridized carbons (Fsp3) is 0.235. The quantitative estimate of drug-likeness (QED) is 0.796. The van der Waals surface area contributed by atoms with E-state index in [-0.39, 0.29) is 5.75 Å². The molecule has 0 spiro atoms. The molecule has 0 aliphatic rings. The maximum Gasteiger partial charge on any atom is 0.387 e. The molecule has 0 radical (unpaired) electrons. The number of urea groups is 1. The van der Waals surface area contributed by atoms with Gasteiger partial charge in [0.15, 0.2) is 0 Å². The number of amides is 2. The normalized spacial score (nSPS) is 10.4. The first kappa shape index (κ1) is 16.7. The molecule has 0 aliphatic heterocycles. The van der Waals surface area contributed by atoms with Gasteiger partial charge in [0.2, 0.25) is 0 Å². The van der Waals surface area contributed by atoms with Gasteiger partial charge in [0.05, 0.1) is 0 Å². The first-order valence-electron chi connectivity index (χ1n) is 7.28. The lowest BCUT2D eigenvalue weighted by Crippen LogP contribution is -2.19. The number of nitrogens with one attached hydrogen (secondary N) is 2. The van der Waals surface area contributed by atoms with E-state index in [1.807, 2.05) is 24.3 Å². The lowest BCUT2D eigenvalue weighted by Gasteiger charge is -2.09. The van der Waals surface area contributed by atoms with Crippen molar-refractivity contribution in [3.8, 4) is 5.75 Å². The smallest absolute Gasteiger partial charge is 0.387 e. The van der Waals surface area contributed by atoms with Gasteiger partial charge in [0.25, 0.3) is 0 Å². The van der Waals surface area contributed by atoms with E-state index in [1.165, 1.54) is 29.8 Å². The summed E-state index contributed by atoms with van der Waals surface area (Å²) < 4.78 is 28.3. The fourth-order valence-electron chi connectivity index (χ4n) is 2.06. The average Bonchev–Trinajstić information content (AvgIpc) is 2.51. The molecule has 0 aliphatic carbocycles. The molecule has 0 heterocycles. The lowest BCUT2D eigenvalue weighted by molar-refractivity contribution is -0.0498. The third-order valence-electron chi connectivity index (χ3n) is 3.09. The maximum absolute atomic E-state index is 12.0. The summed E-state index contributed by atoms with van der Waals surface area (Å²) in [5, 5.41) is 5.32. The Bertz CT molecular complexity index is 628. The Kier molecular flexibility index (Phi) is 5.91. The molecule has 0 unspecified atom stereocenters. The minimum Gasteiger partial charge on any atom is -0.435 e. The standard InChI is InChI=1S/C17H18F2N2O2/c1-2-3-12-4-6-13(7-5-12)20-17(22)21-14-8-10-15(11-9-14)23-16(18)19/h4-11,16H,2-3H2,1H3,(H2,20,21,22). The summed E-state index contributed by atoms with van der Waals surface area (Å²) in [7, 11) is 0. The number of hydrogen-bond acceptors (Lipinski definition) is 2. The van der Waals surface area contributed by atoms with Gasteiger partial charge in [-0.1, -0.05) is 25.5 Å². The zero-order valence-corrected chi connectivity index (χ0v) is 12.7. The van der Waals surface area contributed by atoms with Gasteiger partial charge in [-0.15, -0.1) is 0 Å². The lowest BCUT2D eigenvalue weighted by atomic mass is 10.1. The summed E-state index contributed by atoms with van der Waals surface area (Å²) >= 11 is 0. The van der Waals surface area contributed by atoms with Crippen LogP contribution >= 0.6 is 0 Å². The highest BCUT2D eigenvalue weighted by Crippen LogP contribution is 2.18. The Hall–Kier alpha value is -2.63. The molecule has 0 saturated carbocycles. The summed E-state index contributed by atoms with van der Waals surface area (Å²) in [6.07, 6.45) is 2.07. The highest BCUT2D eigenvalue weighted by Gasteiger charge is 2.06. The molecule has 2 N–H and O–H groups in total. The predicted molar refractivity (Wildman–Crippen MR) is 86.2 cm³/mol. The van der Waals surface area contributed by atoms with Crippen molar-refractivity contribution in [1.29, 1.82) is 0 Å². The first-order valence-corrected chi connectivity index (χ1v) is 7.28. The van der Waals surface area contributed by atoms with Crippen LogP contribution in [0.15, 0.2) is 48.5 Å². The van der Waals surface area contributed by atoms with Crippen LogP contribution in [0, 0.1) is 0 Å². The number of benzene rings is 2. The molecule has 0 atom stereocenters. The summed E-state index contributed by atoms with van der Waals surface area (Å²) in [5.41, 5.74) is 2.37. The molecule has 0 saturated heterocycles. The van der Waals surface area contributed by atoms with Crippen LogP contribution in [-0.4, -0.2) is 12.6 Å². The molecule has 2 rings (SSSR count). The van der Waals surface area contributed by atoms with E-state index in [0.717, 1.165) is 12.8 Å². The van der Waals surface area contributed by atoms with Gasteiger partial charge >= 0.3 is 12.6 Å². The van der Waals surface area contributed by atoms with E-state index in [4.69, 9.17) is 0 Å². The molecule has 122 valence electrons. The topological polar surface area (TPSA) is 50.4 Å². The van der Waals surface area contributed by atoms with Crippen molar-refractivity contribution >= 4 is 17.4 Å². The van der Waals surface area contributed by atoms with Gasteiger partial charge in [-0.25, -0.2) is 4.79 Å². The summed E-state index contributed by atoms with van der Waals surface area (Å²) in [5.74, 6) is 0.0393. The number of alkyl halides is 2. The monoisotopic (exact) mass is 320 g/mol. The van der Waals surface area contributed by atoms with Gasteiger partial charge in [-0.05, 0) is 48.4 Å². The van der Waals surface area contributed by atoms with Gasteiger partial charge < -0.3 is 15.4 Å². The van der Waals surface area contributed by atoms with Crippen molar-refractivity contribution in [2.75, 3.05) is 10.6 Å². The van der Waals surface area contributed by atoms with Gasteiger partial charge in [-0.2, -0.15) is 8.78 Å². The fourth-order valence-corrected chi connectivity index (χ4v) is 2.06. The highest BCUT2D eigenvalue weighted by molar-refractivity contribution is 5.99. The highest BCUT2D eigenvalue weighted by atomic mass is 19.3. The van der Waals surface area contributed by atoms with E-state index in [9.17, 15) is 13.6 Å². The third-order valence-corrected chi connectivity index (χ3v) is 3.09. The Morgan fingerprint density at radius 1 is 1.00 bits per heavy atom. The molecular weight excluding hydrogens is 302 g/mol. The number of anilines is 2. The van der Waals surface area contributed by atoms with E-state index >= 15 is 0 Å². The van der Waals surface area contributed by atoms with Crippen LogP contribution in [0.25, 0.3) is 0 Å². The zero-order valence-electron chi connectivity index (χ0n) is 12.7. The number of halogens is 2. The maximum atomic E-state index is 12.0. The van der Waals surface area contributed by atoms with Crippen molar-refractivity contribution in [3.63, 3.8) is 0 Å². The van der Waals surface area contributed by atoms with Crippen LogP contribution in [0.3, 0.4) is 0 Å². The second-order valence-corrected chi connectivity index (χ2v) is 4.93. The summed E-state index contributed by atoms with van der Waals surface area (Å²) in [6.45, 7) is -0.759. The third kappa shape index (κ3) is 5.58. The van der Waals surface area contributed by atoms with Crippen molar-refractivity contribution in [3.05, 3.63) is 54.1 Å². The molecule has 2 aromatic carbocycles. The number of carbonyl (C=O) groups is 1. The van der Waals surface area contributed by atoms with Crippen molar-refractivity contribution < 1.29 is 18.3 Å². The molecular formula is C17H18F2N2O2. The Morgan fingerprint density at radius 2 is 1.52 bits per heavy atom. The van der Waals surface area contributed by atoms with Crippen LogP contribution in [0.4, 0.5) is 25.0 Å². The van der Waals surface area contributed by atoms with Crippen molar-refractivity contribution in [1.82, 2.24) is 0 Å². The minimum atomic E-state index is -2.87. The molecule has 6 heteroatoms. The number of carbonyl (C=O) groups excluding carboxylic acids is 1. The van der Waals surface area contributed by atoms with Crippen molar-refractivity contribution in [2.24, 2.45) is 0 Å². The largest absolute Gasteiger partial charge is 0.435 e. The van der Waals surface area contributed by atoms with Gasteiger partial charge in [0, 0.05) is 11.4 Å². The predicted octanol–water partition coefficient (Wildman–Crippen LogP) is 4.88. The van der Waals surface area contributed by atoms with E-state index in [0.29, 0.717) is 11.4 Å². The second-order valence-electron chi connectivity index (χ2n) is 4.93. The van der Waals surface area contributed by atoms with Crippen molar-refractivity contribution in [2.45, 2.75) is 26.4 Å². The number of aryl methyl sites for hydroxylation is 1. The average molecular weight is 320 g/mol. The Labute approximate surface area is 133 Å². The molecule has 0 aromatic heterocycles. The zero-order chi connectivity index (χ0) is 16.7. The van der Waals surface area contributed by atoms with E-state index in [1.54, 1.807) is 0 Å². The number of hydrogen-bond donors (Lipinski definition) is 2. The second kappa shape index (κ2) is 8.12. The number of ether oxygens (including phenoxy) is 1. The molecule has 4 nitrogen and oxygen atoms in total. The van der Waals surface area contributed by atoms with E-state index in [2.05, 4.69) is 22.3 Å². The molecule has 0 fully saturated rings. The van der Waals surface area contributed by atoms with E-state index < -0.39 is 12.6 Å².